The number of nitrogens with one attached hydrogen (secondary N) is 1. The van der Waals surface area contributed by atoms with E-state index in [0.717, 1.165) is 13.0 Å². The topological polar surface area (TPSA) is 49.3 Å². The van der Waals surface area contributed by atoms with Gasteiger partial charge in [-0.3, -0.25) is 4.79 Å². The normalized spacial score (nSPS) is 46.4. The van der Waals surface area contributed by atoms with Gasteiger partial charge in [-0.25, -0.2) is 0 Å². The van der Waals surface area contributed by atoms with E-state index in [1.165, 1.54) is 0 Å². The molecule has 0 amide bonds. The summed E-state index contributed by atoms with van der Waals surface area (Å²) in [6.07, 6.45) is 0.898. The van der Waals surface area contributed by atoms with Crippen LogP contribution in [0.25, 0.3) is 0 Å². The number of rotatable bonds is 1. The van der Waals surface area contributed by atoms with Crippen LogP contribution in [0.15, 0.2) is 0 Å². The summed E-state index contributed by atoms with van der Waals surface area (Å²) in [6.45, 7) is 1.60. The Morgan fingerprint density at radius 2 is 2.56 bits per heavy atom. The first-order valence-electron chi connectivity index (χ1n) is 3.20. The summed E-state index contributed by atoms with van der Waals surface area (Å²) < 4.78 is 0. The third kappa shape index (κ3) is 0.477. The molecular formula is C6H9NO2. The van der Waals surface area contributed by atoms with Gasteiger partial charge in [-0.1, -0.05) is 0 Å². The number of carbonyl (C=O) groups is 1. The Morgan fingerprint density at radius 1 is 1.78 bits per heavy atom. The van der Waals surface area contributed by atoms with Crippen molar-refractivity contribution in [3.63, 3.8) is 0 Å². The third-order valence-electron chi connectivity index (χ3n) is 2.49. The van der Waals surface area contributed by atoms with Crippen LogP contribution < -0.4 is 5.32 Å². The van der Waals surface area contributed by atoms with E-state index in [9.17, 15) is 4.79 Å². The number of carboxylic acid groups (broad SMARTS) is 1. The van der Waals surface area contributed by atoms with E-state index in [-0.39, 0.29) is 5.41 Å². The number of hydrogen-bond donors (Lipinski definition) is 2. The molecule has 0 aromatic carbocycles. The van der Waals surface area contributed by atoms with Crippen LogP contribution in [-0.4, -0.2) is 24.2 Å². The maximum absolute atomic E-state index is 10.5. The number of aliphatic carboxylic acids is 1. The van der Waals surface area contributed by atoms with Crippen molar-refractivity contribution in [1.29, 1.82) is 0 Å². The van der Waals surface area contributed by atoms with Crippen LogP contribution in [0.5, 0.6) is 0 Å². The highest BCUT2D eigenvalue weighted by molar-refractivity contribution is 5.79. The summed E-state index contributed by atoms with van der Waals surface area (Å²) in [5.74, 6) is -0.174. The summed E-state index contributed by atoms with van der Waals surface area (Å²) in [5.41, 5.74) is -0.333. The predicted octanol–water partition coefficient (Wildman–Crippen LogP) is -0.319. The first kappa shape index (κ1) is 5.23. The summed E-state index contributed by atoms with van der Waals surface area (Å²) in [7, 11) is 0. The molecule has 1 heterocycles. The fourth-order valence-electron chi connectivity index (χ4n) is 1.67. The van der Waals surface area contributed by atoms with E-state index in [1.807, 2.05) is 0 Å². The molecule has 9 heavy (non-hydrogen) atoms. The minimum Gasteiger partial charge on any atom is -0.481 e. The molecule has 2 rings (SSSR count). The zero-order chi connectivity index (χ0) is 6.48. The van der Waals surface area contributed by atoms with Crippen LogP contribution >= 0.6 is 0 Å². The monoisotopic (exact) mass is 127 g/mol. The minimum absolute atomic E-state index is 0.333. The lowest BCUT2D eigenvalue weighted by molar-refractivity contribution is -0.143. The largest absolute Gasteiger partial charge is 0.481 e. The van der Waals surface area contributed by atoms with Crippen LogP contribution in [0.2, 0.25) is 0 Å². The molecule has 1 aliphatic carbocycles. The summed E-state index contributed by atoms with van der Waals surface area (Å²) >= 11 is 0. The molecule has 3 heteroatoms. The van der Waals surface area contributed by atoms with Crippen molar-refractivity contribution >= 4 is 5.97 Å². The highest BCUT2D eigenvalue weighted by Crippen LogP contribution is 2.54. The van der Waals surface area contributed by atoms with Crippen molar-refractivity contribution in [2.24, 2.45) is 11.3 Å². The molecular weight excluding hydrogens is 118 g/mol. The Bertz CT molecular complexity index is 168. The van der Waals surface area contributed by atoms with Gasteiger partial charge < -0.3 is 10.4 Å². The molecule has 1 saturated carbocycles. The van der Waals surface area contributed by atoms with Crippen LogP contribution in [-0.2, 0) is 4.79 Å². The van der Waals surface area contributed by atoms with E-state index in [2.05, 4.69) is 5.32 Å². The predicted molar refractivity (Wildman–Crippen MR) is 31.0 cm³/mol. The van der Waals surface area contributed by atoms with Gasteiger partial charge in [0.2, 0.25) is 0 Å². The molecule has 1 aliphatic heterocycles. The Kier molecular flexibility index (Phi) is 0.750. The van der Waals surface area contributed by atoms with Gasteiger partial charge in [0.05, 0.1) is 5.41 Å². The van der Waals surface area contributed by atoms with E-state index in [1.54, 1.807) is 0 Å². The van der Waals surface area contributed by atoms with Gasteiger partial charge >= 0.3 is 5.97 Å². The highest BCUT2D eigenvalue weighted by atomic mass is 16.4. The second-order valence-corrected chi connectivity index (χ2v) is 2.99. The molecule has 3 nitrogen and oxygen atoms in total. The smallest absolute Gasteiger partial charge is 0.311 e. The number of piperidine rings is 1. The van der Waals surface area contributed by atoms with Crippen molar-refractivity contribution in [3.8, 4) is 0 Å². The Hall–Kier alpha value is -0.570. The van der Waals surface area contributed by atoms with Crippen molar-refractivity contribution in [2.75, 3.05) is 13.1 Å². The standard InChI is InChI=1S/C6H9NO2/c8-5(9)6-1-4(6)2-7-3-6/h4,7H,1-3H2,(H,8,9)/t4-,6+/m1/s1. The van der Waals surface area contributed by atoms with E-state index >= 15 is 0 Å². The average molecular weight is 127 g/mol. The molecule has 0 aromatic rings. The van der Waals surface area contributed by atoms with Crippen molar-refractivity contribution in [2.45, 2.75) is 6.42 Å². The Balaban J connectivity index is 2.19. The zero-order valence-corrected chi connectivity index (χ0v) is 5.05. The molecule has 0 radical (unpaired) electrons. The molecule has 0 aromatic heterocycles. The molecule has 0 bridgehead atoms. The van der Waals surface area contributed by atoms with E-state index in [4.69, 9.17) is 5.11 Å². The van der Waals surface area contributed by atoms with Gasteiger partial charge in [0.1, 0.15) is 0 Å². The van der Waals surface area contributed by atoms with Crippen LogP contribution in [0.1, 0.15) is 6.42 Å². The fourth-order valence-corrected chi connectivity index (χ4v) is 1.67. The van der Waals surface area contributed by atoms with Crippen molar-refractivity contribution in [1.82, 2.24) is 5.32 Å². The highest BCUT2D eigenvalue weighted by Gasteiger charge is 2.62. The van der Waals surface area contributed by atoms with Crippen molar-refractivity contribution in [3.05, 3.63) is 0 Å². The van der Waals surface area contributed by atoms with Gasteiger partial charge in [0.25, 0.3) is 0 Å². The molecule has 2 N–H and O–H groups in total. The lowest BCUT2D eigenvalue weighted by Crippen LogP contribution is -2.23. The minimum atomic E-state index is -0.613. The summed E-state index contributed by atoms with van der Waals surface area (Å²) in [5, 5.41) is 11.7. The van der Waals surface area contributed by atoms with Crippen LogP contribution in [0.4, 0.5) is 0 Å². The molecule has 50 valence electrons. The first-order chi connectivity index (χ1) is 4.26. The molecule has 0 unspecified atom stereocenters. The van der Waals surface area contributed by atoms with Crippen molar-refractivity contribution < 1.29 is 9.90 Å². The van der Waals surface area contributed by atoms with Gasteiger partial charge in [0.15, 0.2) is 0 Å². The Labute approximate surface area is 53.1 Å². The number of hydrogen-bond acceptors (Lipinski definition) is 2. The molecule has 2 atom stereocenters. The van der Waals surface area contributed by atoms with E-state index < -0.39 is 5.97 Å². The maximum atomic E-state index is 10.5. The SMILES string of the molecule is O=C(O)[C@@]12CNC[C@H]1C2. The first-order valence-corrected chi connectivity index (χ1v) is 3.20. The number of fused-ring (bicyclic) bond motifs is 1. The average Bonchev–Trinajstić information content (AvgIpc) is 2.38. The lowest BCUT2D eigenvalue weighted by atomic mass is 10.1. The van der Waals surface area contributed by atoms with Gasteiger partial charge in [-0.05, 0) is 18.9 Å². The van der Waals surface area contributed by atoms with Gasteiger partial charge in [0, 0.05) is 6.54 Å². The summed E-state index contributed by atoms with van der Waals surface area (Å²) in [4.78, 5) is 10.5. The van der Waals surface area contributed by atoms with Crippen LogP contribution in [0, 0.1) is 11.3 Å². The molecule has 2 fully saturated rings. The maximum Gasteiger partial charge on any atom is 0.311 e. The second kappa shape index (κ2) is 1.29. The molecule has 0 spiro atoms. The van der Waals surface area contributed by atoms with Gasteiger partial charge in [-0.2, -0.15) is 0 Å². The third-order valence-corrected chi connectivity index (χ3v) is 2.49. The second-order valence-electron chi connectivity index (χ2n) is 2.99. The van der Waals surface area contributed by atoms with E-state index in [0.29, 0.717) is 12.5 Å². The Morgan fingerprint density at radius 3 is 2.78 bits per heavy atom. The molecule has 1 saturated heterocycles. The number of carboxylic acids is 1. The van der Waals surface area contributed by atoms with Gasteiger partial charge in [-0.15, -0.1) is 0 Å². The zero-order valence-electron chi connectivity index (χ0n) is 5.05. The lowest BCUT2D eigenvalue weighted by Gasteiger charge is -2.01. The fraction of sp³-hybridized carbons (Fsp3) is 0.833. The molecule has 2 aliphatic rings. The quantitative estimate of drug-likeness (QED) is 0.507. The summed E-state index contributed by atoms with van der Waals surface area (Å²) in [6, 6.07) is 0. The van der Waals surface area contributed by atoms with Crippen LogP contribution in [0.3, 0.4) is 0 Å².